The summed E-state index contributed by atoms with van der Waals surface area (Å²) in [6.07, 6.45) is -0.314. The third-order valence-electron chi connectivity index (χ3n) is 5.23. The zero-order valence-electron chi connectivity index (χ0n) is 12.4. The Morgan fingerprint density at radius 3 is 2.65 bits per heavy atom. The largest absolute Gasteiger partial charge is 0.493 e. The van der Waals surface area contributed by atoms with E-state index in [-0.39, 0.29) is 24.8 Å². The van der Waals surface area contributed by atoms with Crippen LogP contribution in [0.1, 0.15) is 30.7 Å². The van der Waals surface area contributed by atoms with E-state index < -0.39 is 52.9 Å². The van der Waals surface area contributed by atoms with Gasteiger partial charge in [-0.25, -0.2) is 13.2 Å². The Labute approximate surface area is 130 Å². The van der Waals surface area contributed by atoms with Gasteiger partial charge in [-0.2, -0.15) is 4.39 Å². The minimum absolute atomic E-state index is 0.156. The molecular weight excluding hydrogens is 316 g/mol. The van der Waals surface area contributed by atoms with Crippen LogP contribution < -0.4 is 4.74 Å². The monoisotopic (exact) mass is 332 g/mol. The van der Waals surface area contributed by atoms with E-state index in [0.717, 1.165) is 13.2 Å². The van der Waals surface area contributed by atoms with Gasteiger partial charge < -0.3 is 9.84 Å². The van der Waals surface area contributed by atoms with Crippen LogP contribution in [-0.2, 0) is 4.79 Å². The van der Waals surface area contributed by atoms with Crippen LogP contribution in [0.25, 0.3) is 0 Å². The lowest BCUT2D eigenvalue weighted by Crippen LogP contribution is -2.23. The molecule has 1 aromatic carbocycles. The van der Waals surface area contributed by atoms with Crippen LogP contribution in [0.5, 0.6) is 5.75 Å². The summed E-state index contributed by atoms with van der Waals surface area (Å²) in [4.78, 5) is 11.5. The molecule has 0 aliphatic heterocycles. The smallest absolute Gasteiger partial charge is 0.307 e. The third kappa shape index (κ3) is 2.37. The molecule has 0 spiro atoms. The van der Waals surface area contributed by atoms with Gasteiger partial charge in [-0.15, -0.1) is 0 Å². The fraction of sp³-hybridized carbons (Fsp3) is 0.562. The van der Waals surface area contributed by atoms with E-state index in [9.17, 15) is 27.5 Å². The summed E-state index contributed by atoms with van der Waals surface area (Å²) in [6, 6.07) is 2.13. The van der Waals surface area contributed by atoms with E-state index in [1.54, 1.807) is 0 Å². The maximum absolute atomic E-state index is 14.0. The van der Waals surface area contributed by atoms with E-state index >= 15 is 0 Å². The second-order valence-corrected chi connectivity index (χ2v) is 6.26. The Morgan fingerprint density at radius 2 is 2.04 bits per heavy atom. The van der Waals surface area contributed by atoms with Crippen LogP contribution >= 0.6 is 0 Å². The topological polar surface area (TPSA) is 46.5 Å². The molecule has 1 N–H and O–H groups in total. The molecule has 0 radical (unpaired) electrons. The molecule has 0 amide bonds. The van der Waals surface area contributed by atoms with Crippen LogP contribution in [0.3, 0.4) is 0 Å². The molecule has 2 fully saturated rings. The molecule has 3 nitrogen and oxygen atoms in total. The van der Waals surface area contributed by atoms with Crippen molar-refractivity contribution in [2.75, 3.05) is 7.11 Å². The molecule has 126 valence electrons. The van der Waals surface area contributed by atoms with Crippen molar-refractivity contribution < 1.29 is 32.2 Å². The molecule has 4 unspecified atom stereocenters. The quantitative estimate of drug-likeness (QED) is 0.856. The molecule has 4 atom stereocenters. The van der Waals surface area contributed by atoms with Gasteiger partial charge in [0.05, 0.1) is 13.0 Å². The molecule has 3 rings (SSSR count). The molecule has 2 aliphatic carbocycles. The van der Waals surface area contributed by atoms with Crippen molar-refractivity contribution in [1.82, 2.24) is 0 Å². The van der Waals surface area contributed by atoms with Gasteiger partial charge in [0, 0.05) is 23.8 Å². The number of halogens is 4. The van der Waals surface area contributed by atoms with Gasteiger partial charge >= 0.3 is 5.97 Å². The number of hydrogen-bond donors (Lipinski definition) is 1. The first-order chi connectivity index (χ1) is 10.8. The summed E-state index contributed by atoms with van der Waals surface area (Å²) in [5, 5.41) is 9.40. The first-order valence-electron chi connectivity index (χ1n) is 7.40. The molecule has 0 saturated heterocycles. The summed E-state index contributed by atoms with van der Waals surface area (Å²) >= 11 is 0. The van der Waals surface area contributed by atoms with Crippen molar-refractivity contribution in [2.45, 2.75) is 31.1 Å². The molecule has 0 aromatic heterocycles. The molecule has 1 aromatic rings. The predicted octanol–water partition coefficient (Wildman–Crippen LogP) is 3.82. The van der Waals surface area contributed by atoms with Gasteiger partial charge in [-0.3, -0.25) is 4.79 Å². The predicted molar refractivity (Wildman–Crippen MR) is 72.6 cm³/mol. The summed E-state index contributed by atoms with van der Waals surface area (Å²) in [5.41, 5.74) is 0.156. The highest BCUT2D eigenvalue weighted by molar-refractivity contribution is 5.72. The number of alkyl halides is 2. The number of carbonyl (C=O) groups is 1. The van der Waals surface area contributed by atoms with E-state index in [2.05, 4.69) is 0 Å². The van der Waals surface area contributed by atoms with Crippen molar-refractivity contribution in [2.24, 2.45) is 17.8 Å². The number of rotatable bonds is 3. The Hall–Kier alpha value is -1.79. The van der Waals surface area contributed by atoms with Gasteiger partial charge in [-0.05, 0) is 24.8 Å². The van der Waals surface area contributed by atoms with Gasteiger partial charge in [-0.1, -0.05) is 6.07 Å². The number of methoxy groups -OCH3 is 1. The molecular formula is C16H16F4O3. The summed E-state index contributed by atoms with van der Waals surface area (Å²) < 4.78 is 60.2. The summed E-state index contributed by atoms with van der Waals surface area (Å²) in [6.45, 7) is 0. The van der Waals surface area contributed by atoms with E-state index in [0.29, 0.717) is 0 Å². The number of carboxylic acid groups (broad SMARTS) is 1. The second-order valence-electron chi connectivity index (χ2n) is 6.26. The highest BCUT2D eigenvalue weighted by atomic mass is 19.3. The van der Waals surface area contributed by atoms with Crippen LogP contribution in [0.2, 0.25) is 0 Å². The third-order valence-corrected chi connectivity index (χ3v) is 5.23. The highest BCUT2D eigenvalue weighted by Crippen LogP contribution is 2.61. The maximum atomic E-state index is 14.0. The van der Waals surface area contributed by atoms with Gasteiger partial charge in [0.15, 0.2) is 11.6 Å². The fourth-order valence-electron chi connectivity index (χ4n) is 4.27. The second kappa shape index (κ2) is 5.39. The van der Waals surface area contributed by atoms with Crippen molar-refractivity contribution >= 4 is 5.97 Å². The first-order valence-corrected chi connectivity index (χ1v) is 7.40. The van der Waals surface area contributed by atoms with Gasteiger partial charge in [0.25, 0.3) is 5.92 Å². The standard InChI is InChI=1S/C16H16F4O3/c1-23-14-8(2-3-11(17)13(14)18)12-7-4-5-16(19,20)10(7)6-9(12)15(21)22/h2-3,7,9-10,12H,4-6H2,1H3,(H,21,22). The highest BCUT2D eigenvalue weighted by Gasteiger charge is 2.60. The zero-order chi connectivity index (χ0) is 16.9. The number of benzene rings is 1. The van der Waals surface area contributed by atoms with Crippen molar-refractivity contribution in [3.8, 4) is 5.75 Å². The van der Waals surface area contributed by atoms with Crippen molar-refractivity contribution in [1.29, 1.82) is 0 Å². The number of hydrogen-bond acceptors (Lipinski definition) is 2. The van der Waals surface area contributed by atoms with Crippen LogP contribution in [-0.4, -0.2) is 24.1 Å². The lowest BCUT2D eigenvalue weighted by molar-refractivity contribution is -0.142. The first kappa shape index (κ1) is 16.1. The number of ether oxygens (including phenoxy) is 1. The lowest BCUT2D eigenvalue weighted by atomic mass is 9.81. The van der Waals surface area contributed by atoms with Crippen LogP contribution in [0.15, 0.2) is 12.1 Å². The lowest BCUT2D eigenvalue weighted by Gasteiger charge is -2.24. The Balaban J connectivity index is 2.10. The number of carboxylic acids is 1. The van der Waals surface area contributed by atoms with Crippen molar-refractivity contribution in [3.63, 3.8) is 0 Å². The van der Waals surface area contributed by atoms with E-state index in [1.807, 2.05) is 0 Å². The molecule has 2 saturated carbocycles. The minimum atomic E-state index is -2.92. The summed E-state index contributed by atoms with van der Waals surface area (Å²) in [5.74, 6) is -10.4. The van der Waals surface area contributed by atoms with Gasteiger partial charge in [0.1, 0.15) is 0 Å². The number of aliphatic carboxylic acids is 1. The molecule has 2 aliphatic rings. The normalized spacial score (nSPS) is 31.9. The average Bonchev–Trinajstić information content (AvgIpc) is 3.00. The van der Waals surface area contributed by atoms with Crippen LogP contribution in [0, 0.1) is 29.4 Å². The van der Waals surface area contributed by atoms with Crippen LogP contribution in [0.4, 0.5) is 17.6 Å². The SMILES string of the molecule is COc1c(C2C(C(=O)O)CC3C2CCC3(F)F)ccc(F)c1F. The minimum Gasteiger partial charge on any atom is -0.493 e. The molecule has 0 heterocycles. The van der Waals surface area contributed by atoms with Gasteiger partial charge in [0.2, 0.25) is 5.82 Å². The van der Waals surface area contributed by atoms with Crippen molar-refractivity contribution in [3.05, 3.63) is 29.3 Å². The van der Waals surface area contributed by atoms with E-state index in [1.165, 1.54) is 6.07 Å². The fourth-order valence-corrected chi connectivity index (χ4v) is 4.27. The Kier molecular flexibility index (Phi) is 3.77. The molecule has 23 heavy (non-hydrogen) atoms. The Bertz CT molecular complexity index is 646. The average molecular weight is 332 g/mol. The molecule has 0 bridgehead atoms. The van der Waals surface area contributed by atoms with E-state index in [4.69, 9.17) is 4.74 Å². The molecule has 7 heteroatoms. The number of fused-ring (bicyclic) bond motifs is 1. The Morgan fingerprint density at radius 1 is 1.35 bits per heavy atom. The zero-order valence-corrected chi connectivity index (χ0v) is 12.4. The maximum Gasteiger partial charge on any atom is 0.307 e. The summed E-state index contributed by atoms with van der Waals surface area (Å²) in [7, 11) is 1.15.